The summed E-state index contributed by atoms with van der Waals surface area (Å²) in [5.74, 6) is -1.28. The number of aromatic nitrogens is 1. The van der Waals surface area contributed by atoms with E-state index in [1.54, 1.807) is 6.07 Å². The number of hydrogen-bond acceptors (Lipinski definition) is 4. The number of carbonyl (C=O) groups is 3. The molecule has 4 N–H and O–H groups in total. The molecule has 1 aliphatic rings. The molecule has 0 saturated carbocycles. The van der Waals surface area contributed by atoms with E-state index in [2.05, 4.69) is 27.0 Å². The zero-order valence-electron chi connectivity index (χ0n) is 18.0. The lowest BCUT2D eigenvalue weighted by molar-refractivity contribution is -0.125. The Bertz CT molecular complexity index is 1160. The largest absolute Gasteiger partial charge is 0.356 e. The molecule has 4 rings (SSSR count). The minimum atomic E-state index is -0.889. The van der Waals surface area contributed by atoms with E-state index in [1.807, 2.05) is 54.6 Å². The summed E-state index contributed by atoms with van der Waals surface area (Å²) >= 11 is 0. The molecule has 168 valence electrons. The van der Waals surface area contributed by atoms with Crippen LogP contribution >= 0.6 is 0 Å². The molecule has 3 aromatic rings. The lowest BCUT2D eigenvalue weighted by Crippen LogP contribution is -2.51. The normalized spacial score (nSPS) is 17.1. The van der Waals surface area contributed by atoms with E-state index in [0.717, 1.165) is 16.5 Å². The van der Waals surface area contributed by atoms with Crippen molar-refractivity contribution < 1.29 is 14.4 Å². The zero-order valence-corrected chi connectivity index (χ0v) is 18.0. The Kier molecular flexibility index (Phi) is 6.69. The van der Waals surface area contributed by atoms with Gasteiger partial charge in [0, 0.05) is 29.8 Å². The van der Waals surface area contributed by atoms with E-state index in [0.29, 0.717) is 18.7 Å². The van der Waals surface area contributed by atoms with Gasteiger partial charge in [-0.25, -0.2) is 0 Å². The van der Waals surface area contributed by atoms with Crippen LogP contribution in [0.25, 0.3) is 10.9 Å². The number of nitrogens with zero attached hydrogens (tertiary/aromatic N) is 1. The number of nitriles is 1. The lowest BCUT2D eigenvalue weighted by Gasteiger charge is -2.21. The average Bonchev–Trinajstić information content (AvgIpc) is 3.44. The number of fused-ring (bicyclic) bond motifs is 1. The summed E-state index contributed by atoms with van der Waals surface area (Å²) in [6.07, 6.45) is 1.14. The first-order chi connectivity index (χ1) is 16.0. The van der Waals surface area contributed by atoms with Crippen LogP contribution in [0.1, 0.15) is 28.9 Å². The molecule has 8 nitrogen and oxygen atoms in total. The molecule has 0 radical (unpaired) electrons. The molecule has 0 spiro atoms. The maximum atomic E-state index is 13.1. The highest BCUT2D eigenvalue weighted by Crippen LogP contribution is 2.17. The van der Waals surface area contributed by atoms with Gasteiger partial charge in [0.15, 0.2) is 0 Å². The van der Waals surface area contributed by atoms with Crippen molar-refractivity contribution in [3.05, 3.63) is 71.9 Å². The smallest absolute Gasteiger partial charge is 0.268 e. The van der Waals surface area contributed by atoms with E-state index < -0.39 is 23.9 Å². The number of nitrogens with one attached hydrogen (secondary N) is 4. The fraction of sp³-hybridized carbons (Fsp3) is 0.280. The second-order valence-corrected chi connectivity index (χ2v) is 8.19. The Morgan fingerprint density at radius 3 is 2.55 bits per heavy atom. The summed E-state index contributed by atoms with van der Waals surface area (Å²) in [6, 6.07) is 19.0. The van der Waals surface area contributed by atoms with Crippen molar-refractivity contribution in [2.24, 2.45) is 5.92 Å². The summed E-state index contributed by atoms with van der Waals surface area (Å²) in [4.78, 5) is 41.0. The molecule has 2 aromatic carbocycles. The van der Waals surface area contributed by atoms with E-state index in [1.165, 1.54) is 0 Å². The number of hydrogen-bond donors (Lipinski definition) is 4. The van der Waals surface area contributed by atoms with Gasteiger partial charge in [-0.3, -0.25) is 14.4 Å². The molecule has 1 aromatic heterocycles. The predicted molar refractivity (Wildman–Crippen MR) is 123 cm³/mol. The number of amides is 3. The van der Waals surface area contributed by atoms with Crippen molar-refractivity contribution in [2.45, 2.75) is 31.3 Å². The molecule has 2 heterocycles. The van der Waals surface area contributed by atoms with Crippen molar-refractivity contribution in [1.29, 1.82) is 5.26 Å². The molecule has 1 aliphatic heterocycles. The van der Waals surface area contributed by atoms with Gasteiger partial charge in [0.25, 0.3) is 5.91 Å². The quantitative estimate of drug-likeness (QED) is 0.425. The van der Waals surface area contributed by atoms with Gasteiger partial charge < -0.3 is 20.9 Å². The van der Waals surface area contributed by atoms with Crippen molar-refractivity contribution in [1.82, 2.24) is 20.9 Å². The van der Waals surface area contributed by atoms with Gasteiger partial charge in [-0.2, -0.15) is 5.26 Å². The van der Waals surface area contributed by atoms with Crippen LogP contribution in [0.4, 0.5) is 0 Å². The van der Waals surface area contributed by atoms with Crippen LogP contribution in [-0.4, -0.2) is 41.3 Å². The van der Waals surface area contributed by atoms with Crippen LogP contribution in [0.5, 0.6) is 0 Å². The SMILES string of the molecule is N#C[C@H](C[C@@H]1CCNC1=O)NC(=O)[C@H](Cc1ccccc1)NC(=O)c1cc2ccccc2[nH]1. The molecule has 3 atom stereocenters. The summed E-state index contributed by atoms with van der Waals surface area (Å²) in [6.45, 7) is 0.576. The number of para-hydroxylation sites is 1. The molecular formula is C25H25N5O3. The Morgan fingerprint density at radius 1 is 1.09 bits per heavy atom. The number of benzene rings is 2. The molecule has 0 bridgehead atoms. The number of carbonyl (C=O) groups excluding carboxylic acids is 3. The maximum absolute atomic E-state index is 13.1. The molecule has 1 saturated heterocycles. The van der Waals surface area contributed by atoms with Crippen molar-refractivity contribution >= 4 is 28.6 Å². The second-order valence-electron chi connectivity index (χ2n) is 8.19. The van der Waals surface area contributed by atoms with Gasteiger partial charge in [0.1, 0.15) is 17.8 Å². The van der Waals surface area contributed by atoms with Crippen molar-refractivity contribution in [2.75, 3.05) is 6.54 Å². The van der Waals surface area contributed by atoms with Gasteiger partial charge in [-0.1, -0.05) is 48.5 Å². The van der Waals surface area contributed by atoms with Crippen LogP contribution in [-0.2, 0) is 16.0 Å². The number of aromatic amines is 1. The molecule has 8 heteroatoms. The average molecular weight is 444 g/mol. The Balaban J connectivity index is 1.49. The van der Waals surface area contributed by atoms with Crippen molar-refractivity contribution in [3.8, 4) is 6.07 Å². The topological polar surface area (TPSA) is 127 Å². The first-order valence-electron chi connectivity index (χ1n) is 10.9. The molecule has 33 heavy (non-hydrogen) atoms. The van der Waals surface area contributed by atoms with Crippen LogP contribution in [0, 0.1) is 17.2 Å². The number of H-pyrrole nitrogens is 1. The standard InChI is InChI=1S/C25H25N5O3/c26-15-19(13-18-10-11-27-23(18)31)28-24(32)21(12-16-6-2-1-3-7-16)30-25(33)22-14-17-8-4-5-9-20(17)29-22/h1-9,14,18-19,21,29H,10-13H2,(H,27,31)(H,28,32)(H,30,33)/t18-,19-,21-/m0/s1. The van der Waals surface area contributed by atoms with Gasteiger partial charge >= 0.3 is 0 Å². The van der Waals surface area contributed by atoms with Gasteiger partial charge in [-0.05, 0) is 30.5 Å². The second kappa shape index (κ2) is 10.0. The molecule has 0 unspecified atom stereocenters. The van der Waals surface area contributed by atoms with E-state index in [9.17, 15) is 19.6 Å². The van der Waals surface area contributed by atoms with E-state index >= 15 is 0 Å². The highest BCUT2D eigenvalue weighted by molar-refractivity contribution is 6.00. The Hall–Kier alpha value is -4.12. The molecular weight excluding hydrogens is 418 g/mol. The van der Waals surface area contributed by atoms with E-state index in [-0.39, 0.29) is 24.7 Å². The minimum Gasteiger partial charge on any atom is -0.356 e. The minimum absolute atomic E-state index is 0.0996. The highest BCUT2D eigenvalue weighted by Gasteiger charge is 2.30. The van der Waals surface area contributed by atoms with Crippen LogP contribution in [0.3, 0.4) is 0 Å². The summed E-state index contributed by atoms with van der Waals surface area (Å²) in [5.41, 5.74) is 2.05. The summed E-state index contributed by atoms with van der Waals surface area (Å²) in [5, 5.41) is 18.7. The van der Waals surface area contributed by atoms with Crippen LogP contribution < -0.4 is 16.0 Å². The third-order valence-electron chi connectivity index (χ3n) is 5.83. The van der Waals surface area contributed by atoms with Gasteiger partial charge in [-0.15, -0.1) is 0 Å². The third kappa shape index (κ3) is 5.39. The van der Waals surface area contributed by atoms with Crippen molar-refractivity contribution in [3.63, 3.8) is 0 Å². The summed E-state index contributed by atoms with van der Waals surface area (Å²) in [7, 11) is 0. The first-order valence-corrected chi connectivity index (χ1v) is 10.9. The fourth-order valence-corrected chi connectivity index (χ4v) is 4.06. The predicted octanol–water partition coefficient (Wildman–Crippen LogP) is 2.04. The zero-order chi connectivity index (χ0) is 23.2. The first kappa shape index (κ1) is 22.1. The van der Waals surface area contributed by atoms with Crippen LogP contribution in [0.15, 0.2) is 60.7 Å². The molecule has 3 amide bonds. The van der Waals surface area contributed by atoms with Gasteiger partial charge in [0.05, 0.1) is 6.07 Å². The highest BCUT2D eigenvalue weighted by atomic mass is 16.2. The summed E-state index contributed by atoms with van der Waals surface area (Å²) < 4.78 is 0. The maximum Gasteiger partial charge on any atom is 0.268 e. The van der Waals surface area contributed by atoms with Crippen LogP contribution in [0.2, 0.25) is 0 Å². The number of rotatable bonds is 8. The molecule has 0 aliphatic carbocycles. The third-order valence-corrected chi connectivity index (χ3v) is 5.83. The lowest BCUT2D eigenvalue weighted by atomic mass is 9.98. The van der Waals surface area contributed by atoms with E-state index in [4.69, 9.17) is 0 Å². The molecule has 1 fully saturated rings. The fourth-order valence-electron chi connectivity index (χ4n) is 4.06. The monoisotopic (exact) mass is 443 g/mol. The Labute approximate surface area is 191 Å². The Morgan fingerprint density at radius 2 is 1.85 bits per heavy atom. The van der Waals surface area contributed by atoms with Gasteiger partial charge in [0.2, 0.25) is 11.8 Å².